The van der Waals surface area contributed by atoms with Gasteiger partial charge in [-0.25, -0.2) is 18.4 Å². The molecule has 3 rings (SSSR count). The molecule has 2 aromatic heterocycles. The van der Waals surface area contributed by atoms with Gasteiger partial charge in [0.2, 0.25) is 5.95 Å². The molecule has 0 spiro atoms. The number of anilines is 1. The molecule has 0 amide bonds. The van der Waals surface area contributed by atoms with Gasteiger partial charge in [-0.15, -0.1) is 12.4 Å². The second-order valence-corrected chi connectivity index (χ2v) is 8.25. The summed E-state index contributed by atoms with van der Waals surface area (Å²) in [7, 11) is -3.37. The van der Waals surface area contributed by atoms with Crippen LogP contribution in [0.1, 0.15) is 35.8 Å². The summed E-state index contributed by atoms with van der Waals surface area (Å²) in [4.78, 5) is 17.4. The van der Waals surface area contributed by atoms with Crippen LogP contribution in [0.15, 0.2) is 23.5 Å². The van der Waals surface area contributed by atoms with Crippen LogP contribution in [0.2, 0.25) is 0 Å². The highest BCUT2D eigenvalue weighted by Gasteiger charge is 2.25. The minimum absolute atomic E-state index is 0. The number of nitrogens with one attached hydrogen (secondary N) is 2. The second kappa shape index (κ2) is 8.70. The highest BCUT2D eigenvalue weighted by Crippen LogP contribution is 2.27. The van der Waals surface area contributed by atoms with E-state index in [2.05, 4.69) is 30.6 Å². The van der Waals surface area contributed by atoms with Gasteiger partial charge in [0, 0.05) is 24.9 Å². The van der Waals surface area contributed by atoms with Gasteiger partial charge in [0.15, 0.2) is 9.84 Å². The summed E-state index contributed by atoms with van der Waals surface area (Å²) in [6.07, 6.45) is 7.90. The molecule has 1 aliphatic rings. The largest absolute Gasteiger partial charge is 0.349 e. The molecule has 1 atom stereocenters. The standard InChI is InChI=1S/C16H22N6O2S.ClH/c1-11-6-19-13(8-18-11)9-20-16-21-10-14(25(2,23)24)15(22-16)12-4-3-5-17-7-12;/h6,8,10,12,17H,3-5,7,9H2,1-2H3,(H,20,21,22);1H. The highest BCUT2D eigenvalue weighted by molar-refractivity contribution is 7.90. The molecule has 2 N–H and O–H groups in total. The predicted octanol–water partition coefficient (Wildman–Crippen LogP) is 1.48. The Morgan fingerprint density at radius 1 is 1.23 bits per heavy atom. The first kappa shape index (κ1) is 20.5. The van der Waals surface area contributed by atoms with Crippen molar-refractivity contribution >= 4 is 28.2 Å². The van der Waals surface area contributed by atoms with Crippen molar-refractivity contribution in [3.8, 4) is 0 Å². The first-order valence-electron chi connectivity index (χ1n) is 8.22. The van der Waals surface area contributed by atoms with E-state index in [0.717, 1.165) is 37.3 Å². The third-order valence-electron chi connectivity index (χ3n) is 4.13. The molecule has 3 heterocycles. The molecule has 0 bridgehead atoms. The lowest BCUT2D eigenvalue weighted by Gasteiger charge is -2.24. The van der Waals surface area contributed by atoms with E-state index < -0.39 is 9.84 Å². The fourth-order valence-electron chi connectivity index (χ4n) is 2.81. The Kier molecular flexibility index (Phi) is 6.85. The van der Waals surface area contributed by atoms with Crippen LogP contribution in [0.5, 0.6) is 0 Å². The van der Waals surface area contributed by atoms with Gasteiger partial charge < -0.3 is 10.6 Å². The van der Waals surface area contributed by atoms with Gasteiger partial charge in [0.05, 0.1) is 36.0 Å². The summed E-state index contributed by atoms with van der Waals surface area (Å²) in [5.41, 5.74) is 2.20. The number of sulfone groups is 1. The third kappa shape index (κ3) is 5.09. The Bertz CT molecular complexity index is 838. The molecule has 0 aromatic carbocycles. The van der Waals surface area contributed by atoms with Crippen molar-refractivity contribution < 1.29 is 8.42 Å². The molecule has 142 valence electrons. The number of aromatic nitrogens is 4. The van der Waals surface area contributed by atoms with E-state index in [1.165, 1.54) is 12.5 Å². The SMILES string of the molecule is Cc1cnc(CNc2ncc(S(C)(=O)=O)c(C3CCCNC3)n2)cn1.Cl. The van der Waals surface area contributed by atoms with Crippen LogP contribution in [-0.2, 0) is 16.4 Å². The smallest absolute Gasteiger partial charge is 0.223 e. The van der Waals surface area contributed by atoms with Crippen molar-refractivity contribution in [3.05, 3.63) is 35.7 Å². The summed E-state index contributed by atoms with van der Waals surface area (Å²) >= 11 is 0. The van der Waals surface area contributed by atoms with Gasteiger partial charge in [-0.2, -0.15) is 0 Å². The van der Waals surface area contributed by atoms with E-state index >= 15 is 0 Å². The van der Waals surface area contributed by atoms with Crippen molar-refractivity contribution in [2.75, 3.05) is 24.7 Å². The van der Waals surface area contributed by atoms with Crippen LogP contribution in [0.25, 0.3) is 0 Å². The minimum Gasteiger partial charge on any atom is -0.349 e. The van der Waals surface area contributed by atoms with E-state index in [4.69, 9.17) is 0 Å². The van der Waals surface area contributed by atoms with E-state index in [9.17, 15) is 8.42 Å². The van der Waals surface area contributed by atoms with Gasteiger partial charge in [-0.3, -0.25) is 9.97 Å². The van der Waals surface area contributed by atoms with Crippen LogP contribution in [0, 0.1) is 6.92 Å². The van der Waals surface area contributed by atoms with E-state index in [0.29, 0.717) is 18.2 Å². The molecule has 8 nitrogen and oxygen atoms in total. The molecular weight excluding hydrogens is 376 g/mol. The molecule has 2 aromatic rings. The summed E-state index contributed by atoms with van der Waals surface area (Å²) in [5.74, 6) is 0.469. The number of halogens is 1. The lowest BCUT2D eigenvalue weighted by molar-refractivity contribution is 0.448. The topological polar surface area (TPSA) is 110 Å². The number of rotatable bonds is 5. The monoisotopic (exact) mass is 398 g/mol. The van der Waals surface area contributed by atoms with E-state index in [-0.39, 0.29) is 23.2 Å². The molecule has 1 fully saturated rings. The molecular formula is C16H23ClN6O2S. The molecule has 1 saturated heterocycles. The quantitative estimate of drug-likeness (QED) is 0.779. The molecule has 0 aliphatic carbocycles. The first-order valence-corrected chi connectivity index (χ1v) is 10.1. The van der Waals surface area contributed by atoms with Crippen molar-refractivity contribution in [2.45, 2.75) is 37.1 Å². The number of aryl methyl sites for hydroxylation is 1. The van der Waals surface area contributed by atoms with Gasteiger partial charge >= 0.3 is 0 Å². The maximum atomic E-state index is 12.1. The molecule has 1 aliphatic heterocycles. The van der Waals surface area contributed by atoms with Crippen molar-refractivity contribution in [2.24, 2.45) is 0 Å². The average Bonchev–Trinajstić information content (AvgIpc) is 2.61. The molecule has 0 saturated carbocycles. The summed E-state index contributed by atoms with van der Waals surface area (Å²) < 4.78 is 24.2. The predicted molar refractivity (Wildman–Crippen MR) is 101 cm³/mol. The van der Waals surface area contributed by atoms with Crippen molar-refractivity contribution in [3.63, 3.8) is 0 Å². The zero-order chi connectivity index (χ0) is 17.9. The summed E-state index contributed by atoms with van der Waals surface area (Å²) in [6, 6.07) is 0. The third-order valence-corrected chi connectivity index (χ3v) is 5.24. The Morgan fingerprint density at radius 2 is 2.04 bits per heavy atom. The molecule has 26 heavy (non-hydrogen) atoms. The van der Waals surface area contributed by atoms with Crippen LogP contribution >= 0.6 is 12.4 Å². The van der Waals surface area contributed by atoms with E-state index in [1.54, 1.807) is 12.4 Å². The van der Waals surface area contributed by atoms with Gasteiger partial charge in [-0.1, -0.05) is 0 Å². The molecule has 10 heteroatoms. The number of nitrogens with zero attached hydrogens (tertiary/aromatic N) is 4. The number of piperidine rings is 1. The zero-order valence-corrected chi connectivity index (χ0v) is 16.4. The van der Waals surface area contributed by atoms with Gasteiger partial charge in [0.25, 0.3) is 0 Å². The molecule has 1 unspecified atom stereocenters. The highest BCUT2D eigenvalue weighted by atomic mass is 35.5. The molecule has 0 radical (unpaired) electrons. The van der Waals surface area contributed by atoms with Crippen LogP contribution < -0.4 is 10.6 Å². The normalized spacial score (nSPS) is 17.4. The lowest BCUT2D eigenvalue weighted by atomic mass is 9.96. The van der Waals surface area contributed by atoms with Crippen molar-refractivity contribution in [1.29, 1.82) is 0 Å². The van der Waals surface area contributed by atoms with Crippen LogP contribution in [0.4, 0.5) is 5.95 Å². The fourth-order valence-corrected chi connectivity index (χ4v) is 3.65. The van der Waals surface area contributed by atoms with E-state index in [1.807, 2.05) is 6.92 Å². The van der Waals surface area contributed by atoms with Crippen molar-refractivity contribution in [1.82, 2.24) is 25.3 Å². The Morgan fingerprint density at radius 3 is 2.65 bits per heavy atom. The Balaban J connectivity index is 0.00000243. The Labute approximate surface area is 159 Å². The average molecular weight is 399 g/mol. The minimum atomic E-state index is -3.37. The Hall–Kier alpha value is -1.84. The number of hydrogen-bond donors (Lipinski definition) is 2. The lowest BCUT2D eigenvalue weighted by Crippen LogP contribution is -2.30. The van der Waals surface area contributed by atoms with Gasteiger partial charge in [-0.05, 0) is 26.3 Å². The fraction of sp³-hybridized carbons (Fsp3) is 0.500. The number of hydrogen-bond acceptors (Lipinski definition) is 8. The maximum absolute atomic E-state index is 12.1. The summed E-state index contributed by atoms with van der Waals surface area (Å²) in [5, 5.41) is 6.40. The second-order valence-electron chi connectivity index (χ2n) is 6.26. The first-order chi connectivity index (χ1) is 11.9. The van der Waals surface area contributed by atoms with Gasteiger partial charge in [0.1, 0.15) is 4.90 Å². The zero-order valence-electron chi connectivity index (χ0n) is 14.8. The maximum Gasteiger partial charge on any atom is 0.223 e. The van der Waals surface area contributed by atoms with Crippen LogP contribution in [-0.4, -0.2) is 47.7 Å². The summed E-state index contributed by atoms with van der Waals surface area (Å²) in [6.45, 7) is 3.98. The van der Waals surface area contributed by atoms with Crippen LogP contribution in [0.3, 0.4) is 0 Å².